The van der Waals surface area contributed by atoms with Crippen LogP contribution in [0, 0.1) is 0 Å². The molecule has 0 aliphatic carbocycles. The topological polar surface area (TPSA) is 63.2 Å². The van der Waals surface area contributed by atoms with Gasteiger partial charge in [0.2, 0.25) is 0 Å². The largest absolute Gasteiger partial charge is 0.496 e. The number of carbonyl (C=O) groups is 1. The van der Waals surface area contributed by atoms with E-state index in [0.717, 1.165) is 39.2 Å². The van der Waals surface area contributed by atoms with Crippen LogP contribution in [-0.4, -0.2) is 33.4 Å². The second kappa shape index (κ2) is 7.44. The van der Waals surface area contributed by atoms with Gasteiger partial charge in [-0.25, -0.2) is 0 Å². The van der Waals surface area contributed by atoms with Crippen LogP contribution >= 0.6 is 15.9 Å². The molecule has 28 heavy (non-hydrogen) atoms. The van der Waals surface area contributed by atoms with Crippen LogP contribution in [0.1, 0.15) is 49.5 Å². The molecule has 2 aliphatic rings. The molecule has 0 bridgehead atoms. The highest BCUT2D eigenvalue weighted by atomic mass is 79.9. The maximum absolute atomic E-state index is 12.1. The normalized spacial score (nSPS) is 23.2. The molecule has 4 rings (SSSR count). The summed E-state index contributed by atoms with van der Waals surface area (Å²) in [5, 5.41) is 1.64. The van der Waals surface area contributed by atoms with Crippen molar-refractivity contribution in [1.82, 2.24) is 0 Å². The highest BCUT2D eigenvalue weighted by Crippen LogP contribution is 2.57. The summed E-state index contributed by atoms with van der Waals surface area (Å²) in [7, 11) is 4.89. The number of methoxy groups -OCH3 is 3. The monoisotopic (exact) mass is 450 g/mol. The Morgan fingerprint density at radius 2 is 1.79 bits per heavy atom. The number of hydrogen-bond donors (Lipinski definition) is 0. The maximum Gasteiger partial charge on any atom is 0.309 e. The van der Waals surface area contributed by atoms with Gasteiger partial charge < -0.3 is 23.7 Å². The predicted molar refractivity (Wildman–Crippen MR) is 107 cm³/mol. The zero-order valence-electron chi connectivity index (χ0n) is 16.3. The van der Waals surface area contributed by atoms with Crippen LogP contribution in [0.3, 0.4) is 0 Å². The first kappa shape index (κ1) is 19.3. The smallest absolute Gasteiger partial charge is 0.309 e. The fourth-order valence-corrected chi connectivity index (χ4v) is 4.88. The second-order valence-corrected chi connectivity index (χ2v) is 7.81. The molecule has 2 aromatic rings. The predicted octanol–water partition coefficient (Wildman–Crippen LogP) is 4.86. The standard InChI is InChI=1S/C21H23BrO6/c1-5-6-12-17-18(19-13(27-12)9-14(23)28-19)20(25-3)15-10(22)7-8-11(24-2)16(15)21(17)26-4/h7-8,12-13,19H,5-6,9H2,1-4H3/t12-,13+,19-/m0/s1. The average molecular weight is 451 g/mol. The number of carbonyl (C=O) groups excluding carboxylic acids is 1. The van der Waals surface area contributed by atoms with Crippen molar-refractivity contribution in [3.8, 4) is 17.2 Å². The minimum Gasteiger partial charge on any atom is -0.496 e. The molecule has 1 fully saturated rings. The van der Waals surface area contributed by atoms with Gasteiger partial charge in [0.05, 0.1) is 39.2 Å². The van der Waals surface area contributed by atoms with Gasteiger partial charge in [0.25, 0.3) is 0 Å². The van der Waals surface area contributed by atoms with Gasteiger partial charge in [-0.1, -0.05) is 29.3 Å². The summed E-state index contributed by atoms with van der Waals surface area (Å²) in [5.41, 5.74) is 1.71. The fraction of sp³-hybridized carbons (Fsp3) is 0.476. The molecule has 6 nitrogen and oxygen atoms in total. The number of halogens is 1. The van der Waals surface area contributed by atoms with Crippen molar-refractivity contribution < 1.29 is 28.5 Å². The van der Waals surface area contributed by atoms with Crippen LogP contribution in [0.25, 0.3) is 10.8 Å². The molecule has 0 aromatic heterocycles. The summed E-state index contributed by atoms with van der Waals surface area (Å²) >= 11 is 3.64. The molecule has 2 aliphatic heterocycles. The first-order valence-electron chi connectivity index (χ1n) is 9.34. The third kappa shape index (κ3) is 2.75. The van der Waals surface area contributed by atoms with E-state index in [2.05, 4.69) is 22.9 Å². The van der Waals surface area contributed by atoms with Crippen LogP contribution < -0.4 is 14.2 Å². The Bertz CT molecular complexity index is 941. The van der Waals surface area contributed by atoms with E-state index >= 15 is 0 Å². The van der Waals surface area contributed by atoms with E-state index in [4.69, 9.17) is 23.7 Å². The van der Waals surface area contributed by atoms with E-state index in [1.54, 1.807) is 21.3 Å². The lowest BCUT2D eigenvalue weighted by atomic mass is 9.85. The molecule has 0 radical (unpaired) electrons. The molecule has 0 unspecified atom stereocenters. The number of benzene rings is 2. The molecule has 7 heteroatoms. The maximum atomic E-state index is 12.1. The Hall–Kier alpha value is -1.99. The second-order valence-electron chi connectivity index (χ2n) is 6.96. The minimum absolute atomic E-state index is 0.215. The van der Waals surface area contributed by atoms with E-state index in [1.807, 2.05) is 12.1 Å². The van der Waals surface area contributed by atoms with Crippen LogP contribution in [0.2, 0.25) is 0 Å². The number of hydrogen-bond acceptors (Lipinski definition) is 6. The summed E-state index contributed by atoms with van der Waals surface area (Å²) in [5.74, 6) is 1.75. The summed E-state index contributed by atoms with van der Waals surface area (Å²) in [6, 6.07) is 3.80. The number of fused-ring (bicyclic) bond motifs is 4. The Kier molecular flexibility index (Phi) is 5.14. The highest BCUT2D eigenvalue weighted by molar-refractivity contribution is 9.10. The van der Waals surface area contributed by atoms with Crippen molar-refractivity contribution in [1.29, 1.82) is 0 Å². The number of ether oxygens (including phenoxy) is 5. The summed E-state index contributed by atoms with van der Waals surface area (Å²) in [4.78, 5) is 12.1. The molecule has 3 atom stereocenters. The van der Waals surface area contributed by atoms with E-state index < -0.39 is 6.10 Å². The third-order valence-electron chi connectivity index (χ3n) is 5.44. The first-order chi connectivity index (χ1) is 13.5. The van der Waals surface area contributed by atoms with Crippen LogP contribution in [0.5, 0.6) is 17.2 Å². The lowest BCUT2D eigenvalue weighted by Crippen LogP contribution is -2.29. The summed E-state index contributed by atoms with van der Waals surface area (Å²) in [6.45, 7) is 2.10. The van der Waals surface area contributed by atoms with Gasteiger partial charge in [0.1, 0.15) is 23.4 Å². The Balaban J connectivity index is 2.15. The lowest BCUT2D eigenvalue weighted by Gasteiger charge is -2.36. The highest BCUT2D eigenvalue weighted by Gasteiger charge is 2.48. The SMILES string of the molecule is CCC[C@@H]1O[C@@H]2CC(=O)O[C@@H]2c2c1c(OC)c1c(OC)ccc(Br)c1c2OC. The molecule has 2 aromatic carbocycles. The average Bonchev–Trinajstić information content (AvgIpc) is 3.06. The molecule has 0 N–H and O–H groups in total. The van der Waals surface area contributed by atoms with Crippen molar-refractivity contribution in [2.75, 3.05) is 21.3 Å². The van der Waals surface area contributed by atoms with Gasteiger partial charge in [-0.05, 0) is 18.6 Å². The summed E-state index contributed by atoms with van der Waals surface area (Å²) in [6.07, 6.45) is 0.917. The minimum atomic E-state index is -0.512. The number of rotatable bonds is 5. The van der Waals surface area contributed by atoms with Crippen molar-refractivity contribution in [2.24, 2.45) is 0 Å². The zero-order chi connectivity index (χ0) is 20.0. The zero-order valence-corrected chi connectivity index (χ0v) is 17.9. The van der Waals surface area contributed by atoms with Crippen molar-refractivity contribution >= 4 is 32.7 Å². The fourth-order valence-electron chi connectivity index (χ4n) is 4.37. The molecule has 0 saturated carbocycles. The van der Waals surface area contributed by atoms with Gasteiger partial charge in [-0.3, -0.25) is 4.79 Å². The van der Waals surface area contributed by atoms with Crippen molar-refractivity contribution in [2.45, 2.75) is 44.5 Å². The Labute approximate surface area is 172 Å². The van der Waals surface area contributed by atoms with Crippen LogP contribution in [-0.2, 0) is 14.3 Å². The first-order valence-corrected chi connectivity index (χ1v) is 10.1. The van der Waals surface area contributed by atoms with Gasteiger partial charge in [-0.15, -0.1) is 0 Å². The number of esters is 1. The van der Waals surface area contributed by atoms with Crippen molar-refractivity contribution in [3.05, 3.63) is 27.7 Å². The quantitative estimate of drug-likeness (QED) is 0.606. The molecular weight excluding hydrogens is 428 g/mol. The van der Waals surface area contributed by atoms with Gasteiger partial charge in [0.15, 0.2) is 6.10 Å². The van der Waals surface area contributed by atoms with Crippen LogP contribution in [0.15, 0.2) is 16.6 Å². The van der Waals surface area contributed by atoms with E-state index in [9.17, 15) is 4.79 Å². The summed E-state index contributed by atoms with van der Waals surface area (Å²) < 4.78 is 30.2. The Morgan fingerprint density at radius 3 is 2.43 bits per heavy atom. The van der Waals surface area contributed by atoms with Crippen LogP contribution in [0.4, 0.5) is 0 Å². The molecule has 0 amide bonds. The molecule has 0 spiro atoms. The molecule has 2 heterocycles. The molecule has 150 valence electrons. The van der Waals surface area contributed by atoms with E-state index in [-0.39, 0.29) is 24.6 Å². The van der Waals surface area contributed by atoms with E-state index in [1.165, 1.54) is 0 Å². The molecule has 1 saturated heterocycles. The lowest BCUT2D eigenvalue weighted by molar-refractivity contribution is -0.143. The van der Waals surface area contributed by atoms with Gasteiger partial charge >= 0.3 is 5.97 Å². The van der Waals surface area contributed by atoms with Gasteiger partial charge in [-0.2, -0.15) is 0 Å². The third-order valence-corrected chi connectivity index (χ3v) is 6.10. The molecular formula is C21H23BrO6. The van der Waals surface area contributed by atoms with E-state index in [0.29, 0.717) is 17.2 Å². The Morgan fingerprint density at radius 1 is 1.07 bits per heavy atom. The van der Waals surface area contributed by atoms with Crippen molar-refractivity contribution in [3.63, 3.8) is 0 Å². The van der Waals surface area contributed by atoms with Gasteiger partial charge in [0, 0.05) is 21.0 Å².